The predicted molar refractivity (Wildman–Crippen MR) is 239 cm³/mol. The molecule has 4 unspecified atom stereocenters. The molecule has 0 radical (unpaired) electrons. The maximum Gasteiger partial charge on any atom is 0.344 e. The van der Waals surface area contributed by atoms with E-state index in [4.69, 9.17) is 18.9 Å². The third kappa shape index (κ3) is 9.59. The summed E-state index contributed by atoms with van der Waals surface area (Å²) in [6, 6.07) is 24.2. The molecule has 0 heterocycles. The van der Waals surface area contributed by atoms with Crippen LogP contribution in [0.3, 0.4) is 0 Å². The number of benzene rings is 4. The summed E-state index contributed by atoms with van der Waals surface area (Å²) >= 11 is 0. The van der Waals surface area contributed by atoms with Gasteiger partial charge in [-0.15, -0.1) is 0 Å². The number of carbonyl (C=O) groups is 2. The van der Waals surface area contributed by atoms with Crippen molar-refractivity contribution in [3.63, 3.8) is 0 Å². The molecule has 8 nitrogen and oxygen atoms in total. The Morgan fingerprint density at radius 2 is 1.07 bits per heavy atom. The Kier molecular flexibility index (Phi) is 12.1. The van der Waals surface area contributed by atoms with Gasteiger partial charge in [-0.1, -0.05) is 104 Å². The highest BCUT2D eigenvalue weighted by Crippen LogP contribution is 2.60. The Balaban J connectivity index is 0.953. The monoisotopic (exact) mass is 830 g/mol. The van der Waals surface area contributed by atoms with E-state index in [1.165, 1.54) is 11.1 Å². The van der Waals surface area contributed by atoms with Crippen molar-refractivity contribution < 1.29 is 38.7 Å². The number of hydrogen-bond acceptors (Lipinski definition) is 8. The zero-order valence-corrected chi connectivity index (χ0v) is 37.9. The molecule has 0 spiro atoms. The second-order valence-electron chi connectivity index (χ2n) is 20.6. The highest BCUT2D eigenvalue weighted by atomic mass is 16.6. The van der Waals surface area contributed by atoms with Crippen molar-refractivity contribution in [3.05, 3.63) is 117 Å². The fourth-order valence-electron chi connectivity index (χ4n) is 10.8. The topological polar surface area (TPSA) is 112 Å². The largest absolute Gasteiger partial charge is 0.508 e. The van der Waals surface area contributed by atoms with Crippen molar-refractivity contribution in [2.24, 2.45) is 11.8 Å². The third-order valence-electron chi connectivity index (χ3n) is 13.7. The summed E-state index contributed by atoms with van der Waals surface area (Å²) in [5.74, 6) is 0.688. The van der Waals surface area contributed by atoms with Crippen LogP contribution in [0.1, 0.15) is 157 Å². The van der Waals surface area contributed by atoms with Gasteiger partial charge in [0.15, 0.2) is 13.2 Å². The van der Waals surface area contributed by atoms with Crippen LogP contribution in [0.5, 0.6) is 23.0 Å². The van der Waals surface area contributed by atoms with Gasteiger partial charge in [0, 0.05) is 41.5 Å². The Morgan fingerprint density at radius 1 is 0.656 bits per heavy atom. The number of rotatable bonds is 13. The number of aryl methyl sites for hydroxylation is 2. The molecule has 4 fully saturated rings. The number of hydrogen-bond donors (Lipinski definition) is 2. The number of ether oxygens (including phenoxy) is 4. The van der Waals surface area contributed by atoms with Crippen molar-refractivity contribution in [3.8, 4) is 23.0 Å². The number of aromatic hydroxyl groups is 2. The van der Waals surface area contributed by atoms with E-state index < -0.39 is 23.1 Å². The van der Waals surface area contributed by atoms with Gasteiger partial charge < -0.3 is 29.2 Å². The summed E-state index contributed by atoms with van der Waals surface area (Å²) < 4.78 is 24.5. The summed E-state index contributed by atoms with van der Waals surface area (Å²) in [4.78, 5) is 26.9. The molecule has 0 aliphatic heterocycles. The second kappa shape index (κ2) is 16.7. The molecule has 0 aromatic heterocycles. The van der Waals surface area contributed by atoms with E-state index in [1.807, 2.05) is 26.0 Å². The minimum atomic E-state index is -0.731. The molecular formula is C53H66O8. The lowest BCUT2D eigenvalue weighted by atomic mass is 9.52. The van der Waals surface area contributed by atoms with Crippen molar-refractivity contribution >= 4 is 11.9 Å². The molecule has 4 bridgehead atoms. The molecule has 61 heavy (non-hydrogen) atoms. The van der Waals surface area contributed by atoms with E-state index >= 15 is 0 Å². The Hall–Kier alpha value is -4.98. The van der Waals surface area contributed by atoms with Crippen LogP contribution < -0.4 is 9.47 Å². The summed E-state index contributed by atoms with van der Waals surface area (Å²) in [6.45, 7) is 20.6. The number of carbonyl (C=O) groups excluding carboxylic acids is 2. The van der Waals surface area contributed by atoms with E-state index in [-0.39, 0.29) is 59.2 Å². The maximum absolute atomic E-state index is 13.5. The van der Waals surface area contributed by atoms with Crippen LogP contribution in [-0.2, 0) is 29.9 Å². The van der Waals surface area contributed by atoms with Crippen molar-refractivity contribution in [1.82, 2.24) is 0 Å². The predicted octanol–water partition coefficient (Wildman–Crippen LogP) is 11.6. The average Bonchev–Trinajstić information content (AvgIpc) is 3.17. The molecule has 0 amide bonds. The standard InChI is InChI=1S/C53H66O8/c1-11-41(38-14-18-40(19-15-38)51(8,9)10)43-21-33(3)47(24-45(43)55)59-30-49(57)61-53-27-35-22-36(28-53)26-52(25-35,31-53)60-48(56)29-58-46-23-44(54)42(20-32(46)2)34(4)37-12-16-39(17-13-37)50(5,6)7/h12-21,23-24,34-36,41,54-55H,11,22,25-31H2,1-10H3. The first-order chi connectivity index (χ1) is 28.7. The van der Waals surface area contributed by atoms with Crippen LogP contribution in [-0.4, -0.2) is 46.6 Å². The summed E-state index contributed by atoms with van der Waals surface area (Å²) in [6.07, 6.45) is 5.22. The Labute approximate surface area is 363 Å². The summed E-state index contributed by atoms with van der Waals surface area (Å²) in [5, 5.41) is 22.3. The fraction of sp³-hybridized carbons (Fsp3) is 0.509. The molecular weight excluding hydrogens is 765 g/mol. The van der Waals surface area contributed by atoms with Crippen LogP contribution in [0.25, 0.3) is 0 Å². The van der Waals surface area contributed by atoms with Gasteiger partial charge in [0.1, 0.15) is 34.2 Å². The molecule has 326 valence electrons. The zero-order valence-electron chi connectivity index (χ0n) is 37.9. The molecule has 8 rings (SSSR count). The maximum atomic E-state index is 13.5. The highest BCUT2D eigenvalue weighted by Gasteiger charge is 2.61. The van der Waals surface area contributed by atoms with E-state index in [2.05, 4.69) is 104 Å². The second-order valence-corrected chi connectivity index (χ2v) is 20.6. The van der Waals surface area contributed by atoms with Crippen LogP contribution >= 0.6 is 0 Å². The molecule has 4 saturated carbocycles. The minimum absolute atomic E-state index is 0.0108. The highest BCUT2D eigenvalue weighted by molar-refractivity contribution is 5.73. The van der Waals surface area contributed by atoms with E-state index in [9.17, 15) is 19.8 Å². The number of phenolic OH excluding ortho intramolecular Hbond substituents is 2. The zero-order chi connectivity index (χ0) is 44.1. The summed E-state index contributed by atoms with van der Waals surface area (Å²) in [7, 11) is 0. The molecule has 4 aliphatic carbocycles. The molecule has 4 aromatic rings. The molecule has 2 N–H and O–H groups in total. The van der Waals surface area contributed by atoms with Crippen molar-refractivity contribution in [2.45, 2.75) is 148 Å². The van der Waals surface area contributed by atoms with Crippen LogP contribution in [0.15, 0.2) is 72.8 Å². The Morgan fingerprint density at radius 3 is 1.49 bits per heavy atom. The van der Waals surface area contributed by atoms with Crippen LogP contribution in [0.2, 0.25) is 0 Å². The number of phenols is 2. The third-order valence-corrected chi connectivity index (χ3v) is 13.7. The average molecular weight is 831 g/mol. The lowest BCUT2D eigenvalue weighted by Gasteiger charge is -2.60. The van der Waals surface area contributed by atoms with Crippen LogP contribution in [0.4, 0.5) is 0 Å². The lowest BCUT2D eigenvalue weighted by Crippen LogP contribution is -2.62. The van der Waals surface area contributed by atoms with E-state index in [1.54, 1.807) is 12.1 Å². The minimum Gasteiger partial charge on any atom is -0.508 e. The van der Waals surface area contributed by atoms with Gasteiger partial charge in [0.2, 0.25) is 0 Å². The first-order valence-corrected chi connectivity index (χ1v) is 22.2. The molecule has 4 aromatic carbocycles. The van der Waals surface area contributed by atoms with Crippen LogP contribution in [0, 0.1) is 25.7 Å². The van der Waals surface area contributed by atoms with Gasteiger partial charge in [-0.3, -0.25) is 0 Å². The van der Waals surface area contributed by atoms with Gasteiger partial charge >= 0.3 is 11.9 Å². The Bertz CT molecular complexity index is 2230. The smallest absolute Gasteiger partial charge is 0.344 e. The van der Waals surface area contributed by atoms with Gasteiger partial charge in [-0.25, -0.2) is 9.59 Å². The normalized spacial score (nSPS) is 23.0. The number of esters is 2. The quantitative estimate of drug-likeness (QED) is 0.128. The molecule has 0 saturated heterocycles. The van der Waals surface area contributed by atoms with Gasteiger partial charge in [-0.05, 0) is 121 Å². The first kappa shape index (κ1) is 44.1. The lowest BCUT2D eigenvalue weighted by molar-refractivity contribution is -0.232. The summed E-state index contributed by atoms with van der Waals surface area (Å²) in [5.41, 5.74) is 6.66. The van der Waals surface area contributed by atoms with Gasteiger partial charge in [0.05, 0.1) is 0 Å². The first-order valence-electron chi connectivity index (χ1n) is 22.2. The molecule has 4 atom stereocenters. The van der Waals surface area contributed by atoms with E-state index in [0.717, 1.165) is 71.9 Å². The SMILES string of the molecule is CCC(c1ccc(C(C)(C)C)cc1)c1cc(C)c(OCC(=O)OC23CC4CC(CC(OC(=O)COc5cc(O)c(C(C)c6ccc(C(C)(C)C)cc6)cc5C)(C4)C2)C3)cc1O. The van der Waals surface area contributed by atoms with Gasteiger partial charge in [0.25, 0.3) is 0 Å². The van der Waals surface area contributed by atoms with Crippen molar-refractivity contribution in [1.29, 1.82) is 0 Å². The molecule has 4 aliphatic rings. The fourth-order valence-corrected chi connectivity index (χ4v) is 10.8. The molecule has 8 heteroatoms. The van der Waals surface area contributed by atoms with Crippen molar-refractivity contribution in [2.75, 3.05) is 13.2 Å². The van der Waals surface area contributed by atoms with E-state index in [0.29, 0.717) is 17.9 Å². The van der Waals surface area contributed by atoms with Gasteiger partial charge in [-0.2, -0.15) is 0 Å².